The third-order valence-electron chi connectivity index (χ3n) is 7.52. The van der Waals surface area contributed by atoms with Crippen LogP contribution in [0.5, 0.6) is 0 Å². The van der Waals surface area contributed by atoms with E-state index in [1.54, 1.807) is 0 Å². The van der Waals surface area contributed by atoms with Gasteiger partial charge < -0.3 is 20.1 Å². The molecule has 0 spiro atoms. The van der Waals surface area contributed by atoms with Crippen LogP contribution in [0.3, 0.4) is 0 Å². The van der Waals surface area contributed by atoms with Crippen LogP contribution in [0.2, 0.25) is 0 Å². The highest BCUT2D eigenvalue weighted by atomic mass is 16.6. The fourth-order valence-corrected chi connectivity index (χ4v) is 5.01. The maximum Gasteiger partial charge on any atom is 0.408 e. The Bertz CT molecular complexity index is 1030. The molecule has 41 heavy (non-hydrogen) atoms. The summed E-state index contributed by atoms with van der Waals surface area (Å²) in [7, 11) is 0. The number of piperidine rings is 1. The topological polar surface area (TPSA) is 97.0 Å². The largest absolute Gasteiger partial charge is 0.464 e. The highest BCUT2D eigenvalue weighted by Gasteiger charge is 2.24. The Morgan fingerprint density at radius 3 is 2.27 bits per heavy atom. The van der Waals surface area contributed by atoms with Crippen molar-refractivity contribution in [3.63, 3.8) is 0 Å². The molecule has 224 valence electrons. The van der Waals surface area contributed by atoms with Crippen molar-refractivity contribution in [2.45, 2.75) is 83.9 Å². The number of unbranched alkanes of at least 4 members (excludes halogenated alkanes) is 3. The van der Waals surface area contributed by atoms with E-state index in [0.29, 0.717) is 19.1 Å². The molecule has 0 saturated carbocycles. The molecule has 0 aliphatic carbocycles. The normalized spacial score (nSPS) is 14.7. The molecule has 1 aliphatic heterocycles. The van der Waals surface area contributed by atoms with Gasteiger partial charge in [-0.1, -0.05) is 86.8 Å². The first-order valence-corrected chi connectivity index (χ1v) is 15.2. The van der Waals surface area contributed by atoms with Crippen molar-refractivity contribution >= 4 is 18.0 Å². The number of nitrogens with zero attached hydrogens (tertiary/aromatic N) is 1. The fraction of sp³-hybridized carbons (Fsp3) is 0.545. The number of hydrogen-bond donors (Lipinski definition) is 2. The van der Waals surface area contributed by atoms with Crippen LogP contribution in [0.25, 0.3) is 0 Å². The van der Waals surface area contributed by atoms with Gasteiger partial charge in [-0.25, -0.2) is 9.59 Å². The van der Waals surface area contributed by atoms with Crippen LogP contribution < -0.4 is 10.6 Å². The number of hydrogen-bond acceptors (Lipinski definition) is 6. The van der Waals surface area contributed by atoms with E-state index in [2.05, 4.69) is 46.7 Å². The minimum atomic E-state index is -0.941. The molecule has 8 heteroatoms. The second kappa shape index (κ2) is 18.9. The highest BCUT2D eigenvalue weighted by molar-refractivity contribution is 5.82. The Morgan fingerprint density at radius 1 is 0.902 bits per heavy atom. The van der Waals surface area contributed by atoms with E-state index in [9.17, 15) is 14.4 Å². The van der Waals surface area contributed by atoms with Gasteiger partial charge in [0.25, 0.3) is 0 Å². The molecule has 1 saturated heterocycles. The zero-order valence-electron chi connectivity index (χ0n) is 24.5. The maximum absolute atomic E-state index is 12.7. The zero-order chi connectivity index (χ0) is 29.1. The molecule has 1 heterocycles. The van der Waals surface area contributed by atoms with Gasteiger partial charge >= 0.3 is 12.1 Å². The number of benzene rings is 2. The van der Waals surface area contributed by atoms with Gasteiger partial charge in [0.1, 0.15) is 12.6 Å². The smallest absolute Gasteiger partial charge is 0.408 e. The van der Waals surface area contributed by atoms with Gasteiger partial charge in [0.2, 0.25) is 5.91 Å². The number of carbonyl (C=O) groups excluding carboxylic acids is 3. The van der Waals surface area contributed by atoms with Gasteiger partial charge in [0.05, 0.1) is 6.61 Å². The van der Waals surface area contributed by atoms with E-state index in [-0.39, 0.29) is 25.4 Å². The summed E-state index contributed by atoms with van der Waals surface area (Å²) in [5, 5.41) is 5.60. The van der Waals surface area contributed by atoms with E-state index in [4.69, 9.17) is 9.47 Å². The monoisotopic (exact) mass is 565 g/mol. The SMILES string of the molecule is CCCCCCOC(=O)C(CCC(=O)NCCC1CCN(Cc2ccccc2)CC1)NC(=O)OCc1ccccc1. The molecule has 1 atom stereocenters. The quantitative estimate of drug-likeness (QED) is 0.191. The summed E-state index contributed by atoms with van der Waals surface area (Å²) >= 11 is 0. The predicted molar refractivity (Wildman–Crippen MR) is 160 cm³/mol. The van der Waals surface area contributed by atoms with Crippen molar-refractivity contribution in [3.05, 3.63) is 71.8 Å². The zero-order valence-corrected chi connectivity index (χ0v) is 24.5. The van der Waals surface area contributed by atoms with E-state index in [1.165, 1.54) is 5.56 Å². The van der Waals surface area contributed by atoms with E-state index < -0.39 is 18.1 Å². The molecule has 0 radical (unpaired) electrons. The second-order valence-corrected chi connectivity index (χ2v) is 10.9. The van der Waals surface area contributed by atoms with E-state index in [0.717, 1.165) is 70.1 Å². The first-order chi connectivity index (χ1) is 20.0. The Balaban J connectivity index is 1.36. The molecular formula is C33H47N3O5. The number of alkyl carbamates (subject to hydrolysis) is 1. The van der Waals surface area contributed by atoms with Crippen LogP contribution in [0, 0.1) is 5.92 Å². The number of likely N-dealkylation sites (tertiary alicyclic amines) is 1. The summed E-state index contributed by atoms with van der Waals surface area (Å²) in [6, 6.07) is 18.9. The Kier molecular flexibility index (Phi) is 14.8. The average Bonchev–Trinajstić information content (AvgIpc) is 3.00. The van der Waals surface area contributed by atoms with Gasteiger partial charge in [-0.2, -0.15) is 0 Å². The molecule has 3 rings (SSSR count). The minimum absolute atomic E-state index is 0.0944. The van der Waals surface area contributed by atoms with Crippen molar-refractivity contribution in [2.75, 3.05) is 26.2 Å². The van der Waals surface area contributed by atoms with Crippen LogP contribution in [0.4, 0.5) is 4.79 Å². The number of esters is 1. The third kappa shape index (κ3) is 13.2. The lowest BCUT2D eigenvalue weighted by Gasteiger charge is -2.32. The van der Waals surface area contributed by atoms with E-state index >= 15 is 0 Å². The highest BCUT2D eigenvalue weighted by Crippen LogP contribution is 2.21. The molecule has 2 amide bonds. The summed E-state index contributed by atoms with van der Waals surface area (Å²) in [4.78, 5) is 40.2. The molecule has 0 bridgehead atoms. The molecule has 2 N–H and O–H groups in total. The third-order valence-corrected chi connectivity index (χ3v) is 7.52. The lowest BCUT2D eigenvalue weighted by molar-refractivity contribution is -0.146. The summed E-state index contributed by atoms with van der Waals surface area (Å²) in [5.41, 5.74) is 2.19. The van der Waals surface area contributed by atoms with Crippen LogP contribution in [0.15, 0.2) is 60.7 Å². The number of ether oxygens (including phenoxy) is 2. The number of rotatable bonds is 17. The molecular weight excluding hydrogens is 518 g/mol. The van der Waals surface area contributed by atoms with Crippen LogP contribution >= 0.6 is 0 Å². The van der Waals surface area contributed by atoms with Crippen molar-refractivity contribution < 1.29 is 23.9 Å². The first-order valence-electron chi connectivity index (χ1n) is 15.2. The van der Waals surface area contributed by atoms with Crippen molar-refractivity contribution in [2.24, 2.45) is 5.92 Å². The number of amides is 2. The summed E-state index contributed by atoms with van der Waals surface area (Å²) in [6.07, 6.45) is 6.69. The fourth-order valence-electron chi connectivity index (χ4n) is 5.01. The molecule has 8 nitrogen and oxygen atoms in total. The molecule has 1 aliphatic rings. The van der Waals surface area contributed by atoms with Gasteiger partial charge in [0.15, 0.2) is 0 Å². The second-order valence-electron chi connectivity index (χ2n) is 10.9. The summed E-state index contributed by atoms with van der Waals surface area (Å²) < 4.78 is 10.7. The Labute approximate surface area is 245 Å². The van der Waals surface area contributed by atoms with Crippen LogP contribution in [-0.2, 0) is 32.2 Å². The molecule has 2 aromatic carbocycles. The summed E-state index contributed by atoms with van der Waals surface area (Å²) in [5.74, 6) is -0.0706. The minimum Gasteiger partial charge on any atom is -0.464 e. The molecule has 2 aromatic rings. The molecule has 1 unspecified atom stereocenters. The number of carbonyl (C=O) groups is 3. The van der Waals surface area contributed by atoms with Gasteiger partial charge in [-0.05, 0) is 62.2 Å². The maximum atomic E-state index is 12.7. The lowest BCUT2D eigenvalue weighted by atomic mass is 9.93. The van der Waals surface area contributed by atoms with Crippen molar-refractivity contribution in [1.29, 1.82) is 0 Å². The first kappa shape index (κ1) is 32.1. The van der Waals surface area contributed by atoms with Crippen LogP contribution in [-0.4, -0.2) is 55.2 Å². The molecule has 0 aromatic heterocycles. The Morgan fingerprint density at radius 2 is 1.59 bits per heavy atom. The van der Waals surface area contributed by atoms with Gasteiger partial charge in [-0.15, -0.1) is 0 Å². The predicted octanol–water partition coefficient (Wildman–Crippen LogP) is 5.60. The average molecular weight is 566 g/mol. The lowest BCUT2D eigenvalue weighted by Crippen LogP contribution is -2.43. The van der Waals surface area contributed by atoms with E-state index in [1.807, 2.05) is 36.4 Å². The van der Waals surface area contributed by atoms with Crippen molar-refractivity contribution in [1.82, 2.24) is 15.5 Å². The summed E-state index contributed by atoms with van der Waals surface area (Å²) in [6.45, 7) is 6.25. The van der Waals surface area contributed by atoms with Crippen molar-refractivity contribution in [3.8, 4) is 0 Å². The van der Waals surface area contributed by atoms with Gasteiger partial charge in [0, 0.05) is 19.5 Å². The van der Waals surface area contributed by atoms with Crippen LogP contribution in [0.1, 0.15) is 75.8 Å². The van der Waals surface area contributed by atoms with Gasteiger partial charge in [-0.3, -0.25) is 9.69 Å². The Hall–Kier alpha value is -3.39. The molecule has 1 fully saturated rings. The standard InChI is InChI=1S/C33H47N3O5/c1-2-3-4-11-24-40-32(38)30(35-33(39)41-26-29-14-9-6-10-15-29)16-17-31(37)34-21-18-27-19-22-36(23-20-27)25-28-12-7-5-8-13-28/h5-10,12-15,27,30H,2-4,11,16-26H2,1H3,(H,34,37)(H,35,39). The number of nitrogens with one attached hydrogen (secondary N) is 2.